The topological polar surface area (TPSA) is 70.4 Å². The lowest BCUT2D eigenvalue weighted by Crippen LogP contribution is -2.47. The third-order valence-electron chi connectivity index (χ3n) is 4.79. The quantitative estimate of drug-likeness (QED) is 0.832. The fraction of sp³-hybridized carbons (Fsp3) is 0.474. The number of carbonyl (C=O) groups is 1. The summed E-state index contributed by atoms with van der Waals surface area (Å²) in [5.74, 6) is -0.292. The summed E-state index contributed by atoms with van der Waals surface area (Å²) in [4.78, 5) is 14.3. The predicted molar refractivity (Wildman–Crippen MR) is 96.4 cm³/mol. The Labute approximate surface area is 152 Å². The van der Waals surface area contributed by atoms with Crippen molar-refractivity contribution in [2.75, 3.05) is 13.2 Å². The zero-order chi connectivity index (χ0) is 18.4. The molecule has 2 N–H and O–H groups in total. The maximum absolute atomic E-state index is 13.0. The lowest BCUT2D eigenvalue weighted by Gasteiger charge is -2.34. The number of aromatic nitrogens is 2. The summed E-state index contributed by atoms with van der Waals surface area (Å²) < 4.78 is 14.7. The highest BCUT2D eigenvalue weighted by Crippen LogP contribution is 2.22. The molecule has 1 aromatic carbocycles. The highest BCUT2D eigenvalue weighted by Gasteiger charge is 2.24. The summed E-state index contributed by atoms with van der Waals surface area (Å²) in [5, 5.41) is 16.5. The molecule has 1 saturated carbocycles. The number of aliphatic hydroxyl groups excluding tert-OH is 1. The third-order valence-corrected chi connectivity index (χ3v) is 4.79. The normalized spacial score (nSPS) is 15.0. The molecule has 1 aromatic heterocycles. The van der Waals surface area contributed by atoms with Crippen molar-refractivity contribution in [3.8, 4) is 5.69 Å². The van der Waals surface area contributed by atoms with Gasteiger partial charge in [0.15, 0.2) is 0 Å². The molecular formula is C19H25FN4O2. The van der Waals surface area contributed by atoms with Crippen molar-refractivity contribution in [3.63, 3.8) is 0 Å². The molecule has 1 aliphatic rings. The number of aliphatic hydroxyl groups is 1. The predicted octanol–water partition coefficient (Wildman–Crippen LogP) is 2.85. The minimum atomic E-state index is -0.292. The van der Waals surface area contributed by atoms with Gasteiger partial charge in [0.1, 0.15) is 5.82 Å². The Bertz CT molecular complexity index is 711. The van der Waals surface area contributed by atoms with E-state index in [9.17, 15) is 14.3 Å². The summed E-state index contributed by atoms with van der Waals surface area (Å²) in [5.41, 5.74) is 1.61. The molecule has 1 aliphatic carbocycles. The highest BCUT2D eigenvalue weighted by molar-refractivity contribution is 5.74. The van der Waals surface area contributed by atoms with Crippen LogP contribution in [0.25, 0.3) is 5.69 Å². The van der Waals surface area contributed by atoms with Crippen LogP contribution in [0.2, 0.25) is 0 Å². The van der Waals surface area contributed by atoms with Crippen LogP contribution < -0.4 is 5.32 Å². The lowest BCUT2D eigenvalue weighted by atomic mass is 9.94. The van der Waals surface area contributed by atoms with Gasteiger partial charge in [-0.2, -0.15) is 5.10 Å². The molecule has 2 amide bonds. The van der Waals surface area contributed by atoms with E-state index < -0.39 is 0 Å². The van der Waals surface area contributed by atoms with E-state index in [1.807, 2.05) is 6.20 Å². The molecule has 0 spiro atoms. The van der Waals surface area contributed by atoms with E-state index in [-0.39, 0.29) is 24.5 Å². The minimum absolute atomic E-state index is 0.0353. The van der Waals surface area contributed by atoms with Gasteiger partial charge in [0.05, 0.1) is 18.5 Å². The average Bonchev–Trinajstić information content (AvgIpc) is 3.14. The van der Waals surface area contributed by atoms with Crippen molar-refractivity contribution in [2.45, 2.75) is 44.7 Å². The number of urea groups is 1. The van der Waals surface area contributed by atoms with Gasteiger partial charge < -0.3 is 15.3 Å². The number of benzene rings is 1. The van der Waals surface area contributed by atoms with Crippen molar-refractivity contribution in [3.05, 3.63) is 48.0 Å². The van der Waals surface area contributed by atoms with Gasteiger partial charge in [0.2, 0.25) is 0 Å². The SMILES string of the molecule is O=C(NCc1cnn(-c2ccc(F)cc2)c1)N(CCO)C1CCCCC1. The molecule has 0 bridgehead atoms. The molecule has 6 nitrogen and oxygen atoms in total. The number of amides is 2. The average molecular weight is 360 g/mol. The Morgan fingerprint density at radius 3 is 2.69 bits per heavy atom. The van der Waals surface area contributed by atoms with Crippen LogP contribution in [0.3, 0.4) is 0 Å². The van der Waals surface area contributed by atoms with Crippen molar-refractivity contribution in [1.82, 2.24) is 20.0 Å². The van der Waals surface area contributed by atoms with E-state index in [4.69, 9.17) is 0 Å². The van der Waals surface area contributed by atoms with E-state index in [0.717, 1.165) is 36.9 Å². The van der Waals surface area contributed by atoms with Crippen LogP contribution in [0.15, 0.2) is 36.7 Å². The molecule has 26 heavy (non-hydrogen) atoms. The van der Waals surface area contributed by atoms with E-state index in [0.29, 0.717) is 13.1 Å². The summed E-state index contributed by atoms with van der Waals surface area (Å²) in [6.07, 6.45) is 8.96. The Hall–Kier alpha value is -2.41. The Morgan fingerprint density at radius 1 is 1.27 bits per heavy atom. The van der Waals surface area contributed by atoms with Crippen LogP contribution in [-0.2, 0) is 6.54 Å². The molecule has 140 valence electrons. The maximum Gasteiger partial charge on any atom is 0.317 e. The number of hydrogen-bond donors (Lipinski definition) is 2. The van der Waals surface area contributed by atoms with Gasteiger partial charge in [0.25, 0.3) is 0 Å². The smallest absolute Gasteiger partial charge is 0.317 e. The number of carbonyl (C=O) groups excluding carboxylic acids is 1. The Kier molecular flexibility index (Phi) is 6.22. The van der Waals surface area contributed by atoms with Crippen molar-refractivity contribution in [2.24, 2.45) is 0 Å². The summed E-state index contributed by atoms with van der Waals surface area (Å²) >= 11 is 0. The monoisotopic (exact) mass is 360 g/mol. The van der Waals surface area contributed by atoms with Crippen molar-refractivity contribution >= 4 is 6.03 Å². The van der Waals surface area contributed by atoms with Gasteiger partial charge in [-0.1, -0.05) is 19.3 Å². The van der Waals surface area contributed by atoms with Crippen LogP contribution in [-0.4, -0.2) is 45.0 Å². The largest absolute Gasteiger partial charge is 0.395 e. The molecular weight excluding hydrogens is 335 g/mol. The van der Waals surface area contributed by atoms with Gasteiger partial charge in [-0.05, 0) is 37.1 Å². The fourth-order valence-electron chi connectivity index (χ4n) is 3.42. The second-order valence-electron chi connectivity index (χ2n) is 6.64. The zero-order valence-corrected chi connectivity index (χ0v) is 14.8. The van der Waals surface area contributed by atoms with Gasteiger partial charge in [0, 0.05) is 30.9 Å². The Balaban J connectivity index is 1.58. The first-order chi connectivity index (χ1) is 12.7. The maximum atomic E-state index is 13.0. The van der Waals surface area contributed by atoms with Gasteiger partial charge in [-0.25, -0.2) is 13.9 Å². The van der Waals surface area contributed by atoms with Crippen LogP contribution in [0.4, 0.5) is 9.18 Å². The molecule has 3 rings (SSSR count). The van der Waals surface area contributed by atoms with Crippen LogP contribution >= 0.6 is 0 Å². The lowest BCUT2D eigenvalue weighted by molar-refractivity contribution is 0.134. The van der Waals surface area contributed by atoms with E-state index in [1.54, 1.807) is 27.9 Å². The van der Waals surface area contributed by atoms with Gasteiger partial charge in [-0.3, -0.25) is 0 Å². The molecule has 0 aliphatic heterocycles. The third kappa shape index (κ3) is 4.60. The van der Waals surface area contributed by atoms with E-state index in [1.165, 1.54) is 18.6 Å². The number of nitrogens with zero attached hydrogens (tertiary/aromatic N) is 3. The molecule has 0 atom stereocenters. The van der Waals surface area contributed by atoms with Crippen molar-refractivity contribution < 1.29 is 14.3 Å². The number of nitrogens with one attached hydrogen (secondary N) is 1. The van der Waals surface area contributed by atoms with Gasteiger partial charge >= 0.3 is 6.03 Å². The first-order valence-electron chi connectivity index (χ1n) is 9.12. The standard InChI is InChI=1S/C19H25FN4O2/c20-16-6-8-18(9-7-16)24-14-15(13-22-24)12-21-19(26)23(10-11-25)17-4-2-1-3-5-17/h6-9,13-14,17,25H,1-5,10-12H2,(H,21,26). The minimum Gasteiger partial charge on any atom is -0.395 e. The summed E-state index contributed by atoms with van der Waals surface area (Å²) in [6.45, 7) is 0.673. The summed E-state index contributed by atoms with van der Waals surface area (Å²) in [7, 11) is 0. The first-order valence-corrected chi connectivity index (χ1v) is 9.12. The fourth-order valence-corrected chi connectivity index (χ4v) is 3.42. The molecule has 2 aromatic rings. The summed E-state index contributed by atoms with van der Waals surface area (Å²) in [6, 6.07) is 6.12. The van der Waals surface area contributed by atoms with Crippen LogP contribution in [0.5, 0.6) is 0 Å². The molecule has 1 heterocycles. The van der Waals surface area contributed by atoms with Crippen LogP contribution in [0.1, 0.15) is 37.7 Å². The number of halogens is 1. The van der Waals surface area contributed by atoms with E-state index >= 15 is 0 Å². The van der Waals surface area contributed by atoms with Crippen molar-refractivity contribution in [1.29, 1.82) is 0 Å². The molecule has 0 radical (unpaired) electrons. The van der Waals surface area contributed by atoms with Gasteiger partial charge in [-0.15, -0.1) is 0 Å². The highest BCUT2D eigenvalue weighted by atomic mass is 19.1. The zero-order valence-electron chi connectivity index (χ0n) is 14.8. The number of hydrogen-bond acceptors (Lipinski definition) is 3. The first kappa shape index (κ1) is 18.4. The molecule has 7 heteroatoms. The van der Waals surface area contributed by atoms with E-state index in [2.05, 4.69) is 10.4 Å². The molecule has 0 saturated heterocycles. The second-order valence-corrected chi connectivity index (χ2v) is 6.64. The molecule has 1 fully saturated rings. The Morgan fingerprint density at radius 2 is 2.00 bits per heavy atom. The second kappa shape index (κ2) is 8.80. The molecule has 0 unspecified atom stereocenters. The number of rotatable bonds is 6. The van der Waals surface area contributed by atoms with Crippen LogP contribution in [0, 0.1) is 5.82 Å².